The highest BCUT2D eigenvalue weighted by Crippen LogP contribution is 2.37. The Morgan fingerprint density at radius 1 is 1.12 bits per heavy atom. The molecule has 1 saturated carbocycles. The Bertz CT molecular complexity index is 663. The highest BCUT2D eigenvalue weighted by molar-refractivity contribution is 6.01. The van der Waals surface area contributed by atoms with Crippen molar-refractivity contribution in [3.8, 4) is 0 Å². The van der Waals surface area contributed by atoms with E-state index in [9.17, 15) is 14.4 Å². The van der Waals surface area contributed by atoms with E-state index < -0.39 is 0 Å². The van der Waals surface area contributed by atoms with Crippen LogP contribution in [-0.2, 0) is 19.1 Å². The molecule has 3 rings (SSSR count). The van der Waals surface area contributed by atoms with E-state index in [0.717, 1.165) is 31.4 Å². The lowest BCUT2D eigenvalue weighted by Crippen LogP contribution is -2.47. The largest absolute Gasteiger partial charge is 0.469 e. The quantitative estimate of drug-likeness (QED) is 0.624. The maximum atomic E-state index is 11.8. The van der Waals surface area contributed by atoms with Crippen molar-refractivity contribution in [2.45, 2.75) is 56.9 Å². The summed E-state index contributed by atoms with van der Waals surface area (Å²) in [5.74, 6) is 0.387. The van der Waals surface area contributed by atoms with Gasteiger partial charge in [0.25, 0.3) is 0 Å². The number of hydrogen-bond donors (Lipinski definition) is 2. The molecular weight excluding hydrogens is 332 g/mol. The Labute approximate surface area is 153 Å². The molecule has 1 aromatic carbocycles. The maximum absolute atomic E-state index is 11.8. The first kappa shape index (κ1) is 18.4. The molecule has 1 aliphatic carbocycles. The van der Waals surface area contributed by atoms with Crippen molar-refractivity contribution in [2.24, 2.45) is 5.92 Å². The van der Waals surface area contributed by atoms with Gasteiger partial charge in [-0.25, -0.2) is 0 Å². The number of anilines is 1. The van der Waals surface area contributed by atoms with Gasteiger partial charge in [-0.1, -0.05) is 12.1 Å². The van der Waals surface area contributed by atoms with Crippen LogP contribution in [0, 0.1) is 5.92 Å². The lowest BCUT2D eigenvalue weighted by Gasteiger charge is -2.28. The molecule has 1 aliphatic heterocycles. The number of benzene rings is 1. The number of carbonyl (C=O) groups is 3. The summed E-state index contributed by atoms with van der Waals surface area (Å²) in [7, 11) is 1.44. The SMILES string of the molecule is COC(=O)CC1CCC(c2ccc(N[C@@H]3CCC(=O)NC3=O)cc2)CC1. The lowest BCUT2D eigenvalue weighted by molar-refractivity contribution is -0.142. The number of esters is 1. The highest BCUT2D eigenvalue weighted by atomic mass is 16.5. The van der Waals surface area contributed by atoms with Gasteiger partial charge in [-0.15, -0.1) is 0 Å². The molecule has 2 aliphatic rings. The Balaban J connectivity index is 1.51. The Morgan fingerprint density at radius 2 is 1.81 bits per heavy atom. The topological polar surface area (TPSA) is 84.5 Å². The molecule has 0 bridgehead atoms. The fourth-order valence-corrected chi connectivity index (χ4v) is 3.90. The summed E-state index contributed by atoms with van der Waals surface area (Å²) in [6.45, 7) is 0. The van der Waals surface area contributed by atoms with Crippen molar-refractivity contribution in [1.29, 1.82) is 0 Å². The molecular formula is C20H26N2O4. The Morgan fingerprint density at radius 3 is 2.42 bits per heavy atom. The van der Waals surface area contributed by atoms with Crippen LogP contribution in [-0.4, -0.2) is 30.9 Å². The summed E-state index contributed by atoms with van der Waals surface area (Å²) in [5.41, 5.74) is 2.19. The van der Waals surface area contributed by atoms with Gasteiger partial charge in [-0.2, -0.15) is 0 Å². The molecule has 1 atom stereocenters. The lowest BCUT2D eigenvalue weighted by atomic mass is 9.77. The number of ether oxygens (including phenoxy) is 1. The third-order valence-electron chi connectivity index (χ3n) is 5.49. The molecule has 0 unspecified atom stereocenters. The first-order valence-corrected chi connectivity index (χ1v) is 9.32. The molecule has 1 saturated heterocycles. The molecule has 1 heterocycles. The van der Waals surface area contributed by atoms with Crippen molar-refractivity contribution >= 4 is 23.5 Å². The van der Waals surface area contributed by atoms with E-state index in [-0.39, 0.29) is 23.8 Å². The van der Waals surface area contributed by atoms with Crippen molar-refractivity contribution in [3.63, 3.8) is 0 Å². The third-order valence-corrected chi connectivity index (χ3v) is 5.49. The second kappa shape index (κ2) is 8.34. The van der Waals surface area contributed by atoms with Gasteiger partial charge >= 0.3 is 5.97 Å². The van der Waals surface area contributed by atoms with Gasteiger partial charge in [-0.3, -0.25) is 19.7 Å². The van der Waals surface area contributed by atoms with Crippen molar-refractivity contribution < 1.29 is 19.1 Å². The third kappa shape index (κ3) is 4.62. The number of methoxy groups -OCH3 is 1. The van der Waals surface area contributed by atoms with E-state index in [1.54, 1.807) is 0 Å². The second-order valence-electron chi connectivity index (χ2n) is 7.27. The zero-order valence-corrected chi connectivity index (χ0v) is 15.1. The van der Waals surface area contributed by atoms with Crippen LogP contribution < -0.4 is 10.6 Å². The minimum absolute atomic E-state index is 0.114. The van der Waals surface area contributed by atoms with Crippen molar-refractivity contribution in [2.75, 3.05) is 12.4 Å². The smallest absolute Gasteiger partial charge is 0.305 e. The molecule has 2 fully saturated rings. The number of imide groups is 1. The normalized spacial score (nSPS) is 26.1. The van der Waals surface area contributed by atoms with Gasteiger partial charge in [0, 0.05) is 18.5 Å². The van der Waals surface area contributed by atoms with E-state index >= 15 is 0 Å². The first-order valence-electron chi connectivity index (χ1n) is 9.32. The molecule has 0 aromatic heterocycles. The van der Waals surface area contributed by atoms with Crippen LogP contribution in [0.25, 0.3) is 0 Å². The Hall–Kier alpha value is -2.37. The number of amides is 2. The summed E-state index contributed by atoms with van der Waals surface area (Å²) in [4.78, 5) is 34.4. The van der Waals surface area contributed by atoms with Crippen molar-refractivity contribution in [3.05, 3.63) is 29.8 Å². The van der Waals surface area contributed by atoms with Crippen LogP contribution in [0.1, 0.15) is 56.4 Å². The molecule has 26 heavy (non-hydrogen) atoms. The summed E-state index contributed by atoms with van der Waals surface area (Å²) in [6.07, 6.45) is 5.69. The van der Waals surface area contributed by atoms with Crippen molar-refractivity contribution in [1.82, 2.24) is 5.32 Å². The first-order chi connectivity index (χ1) is 12.5. The summed E-state index contributed by atoms with van der Waals surface area (Å²) in [6, 6.07) is 7.87. The van der Waals surface area contributed by atoms with Crippen LogP contribution in [0.5, 0.6) is 0 Å². The molecule has 140 valence electrons. The average molecular weight is 358 g/mol. The minimum Gasteiger partial charge on any atom is -0.469 e. The number of piperidine rings is 1. The van der Waals surface area contributed by atoms with Crippen LogP contribution in [0.3, 0.4) is 0 Å². The summed E-state index contributed by atoms with van der Waals surface area (Å²) in [5, 5.41) is 5.56. The van der Waals surface area contributed by atoms with Gasteiger partial charge < -0.3 is 10.1 Å². The number of nitrogens with one attached hydrogen (secondary N) is 2. The van der Waals surface area contributed by atoms with E-state index in [1.165, 1.54) is 12.7 Å². The monoisotopic (exact) mass is 358 g/mol. The Kier molecular flexibility index (Phi) is 5.91. The molecule has 6 nitrogen and oxygen atoms in total. The number of rotatable bonds is 5. The van der Waals surface area contributed by atoms with Crippen LogP contribution in [0.4, 0.5) is 5.69 Å². The number of hydrogen-bond acceptors (Lipinski definition) is 5. The van der Waals surface area contributed by atoms with Crippen LogP contribution >= 0.6 is 0 Å². The average Bonchev–Trinajstić information content (AvgIpc) is 2.65. The molecule has 6 heteroatoms. The molecule has 0 spiro atoms. The van der Waals surface area contributed by atoms with Gasteiger partial charge in [0.1, 0.15) is 6.04 Å². The van der Waals surface area contributed by atoms with E-state index in [4.69, 9.17) is 4.74 Å². The predicted molar refractivity (Wildman–Crippen MR) is 97.6 cm³/mol. The zero-order chi connectivity index (χ0) is 18.5. The fraction of sp³-hybridized carbons (Fsp3) is 0.550. The van der Waals surface area contributed by atoms with Crippen LogP contribution in [0.15, 0.2) is 24.3 Å². The maximum Gasteiger partial charge on any atom is 0.305 e. The molecule has 2 amide bonds. The zero-order valence-electron chi connectivity index (χ0n) is 15.1. The number of carbonyl (C=O) groups excluding carboxylic acids is 3. The molecule has 2 N–H and O–H groups in total. The van der Waals surface area contributed by atoms with Gasteiger partial charge in [0.05, 0.1) is 7.11 Å². The fourth-order valence-electron chi connectivity index (χ4n) is 3.90. The van der Waals surface area contributed by atoms with E-state index in [1.807, 2.05) is 12.1 Å². The van der Waals surface area contributed by atoms with E-state index in [0.29, 0.717) is 31.1 Å². The van der Waals surface area contributed by atoms with Gasteiger partial charge in [0.2, 0.25) is 11.8 Å². The molecule has 1 aromatic rings. The second-order valence-corrected chi connectivity index (χ2v) is 7.27. The predicted octanol–water partition coefficient (Wildman–Crippen LogP) is 2.74. The summed E-state index contributed by atoms with van der Waals surface area (Å²) >= 11 is 0. The highest BCUT2D eigenvalue weighted by Gasteiger charge is 2.27. The standard InChI is InChI=1S/C20H26N2O4/c1-26-19(24)12-13-2-4-14(5-3-13)15-6-8-16(9-7-15)21-17-10-11-18(23)22-20(17)25/h6-9,13-14,17,21H,2-5,10-12H2,1H3,(H,22,23,25)/t13?,14?,17-/m1/s1. The summed E-state index contributed by atoms with van der Waals surface area (Å²) < 4.78 is 4.76. The van der Waals surface area contributed by atoms with Crippen LogP contribution in [0.2, 0.25) is 0 Å². The molecule has 0 radical (unpaired) electrons. The van der Waals surface area contributed by atoms with E-state index in [2.05, 4.69) is 22.8 Å². The van der Waals surface area contributed by atoms with Gasteiger partial charge in [0.15, 0.2) is 0 Å². The van der Waals surface area contributed by atoms with Gasteiger partial charge in [-0.05, 0) is 61.6 Å². The minimum atomic E-state index is -0.354.